The molecule has 0 radical (unpaired) electrons. The first-order valence-electron chi connectivity index (χ1n) is 11.2. The van der Waals surface area contributed by atoms with Crippen LogP contribution in [-0.2, 0) is 16.5 Å². The van der Waals surface area contributed by atoms with E-state index in [2.05, 4.69) is 36.7 Å². The predicted octanol–water partition coefficient (Wildman–Crippen LogP) is 3.70. The molecule has 1 fully saturated rings. The fraction of sp³-hybridized carbons (Fsp3) is 0.478. The van der Waals surface area contributed by atoms with Gasteiger partial charge in [0.05, 0.1) is 29.6 Å². The number of thiophene rings is 1. The second-order valence-corrected chi connectivity index (χ2v) is 9.64. The van der Waals surface area contributed by atoms with Gasteiger partial charge in [0.25, 0.3) is 0 Å². The SMILES string of the molecule is COC[C@H]1CN(c2nc(-c3nccn3C)nc3sc(-c4ccn(C(C)C)n4)c(C)c23)CCO1. The van der Waals surface area contributed by atoms with Gasteiger partial charge in [0, 0.05) is 51.9 Å². The maximum absolute atomic E-state index is 5.90. The molecule has 0 bridgehead atoms. The molecule has 1 aliphatic heterocycles. The van der Waals surface area contributed by atoms with Crippen LogP contribution in [0.15, 0.2) is 24.7 Å². The molecule has 4 aromatic heterocycles. The van der Waals surface area contributed by atoms with E-state index in [4.69, 9.17) is 24.5 Å². The Bertz CT molecular complexity index is 1270. The molecular weight excluding hydrogens is 438 g/mol. The lowest BCUT2D eigenvalue weighted by Crippen LogP contribution is -2.45. The van der Waals surface area contributed by atoms with E-state index < -0.39 is 0 Å². The van der Waals surface area contributed by atoms with Crippen LogP contribution in [-0.4, -0.2) is 68.8 Å². The molecule has 0 N–H and O–H groups in total. The minimum absolute atomic E-state index is 0.00512. The maximum Gasteiger partial charge on any atom is 0.199 e. The van der Waals surface area contributed by atoms with Crippen LogP contribution < -0.4 is 4.90 Å². The summed E-state index contributed by atoms with van der Waals surface area (Å²) in [4.78, 5) is 18.8. The molecule has 1 aliphatic rings. The summed E-state index contributed by atoms with van der Waals surface area (Å²) in [6, 6.07) is 2.39. The molecule has 0 aromatic carbocycles. The predicted molar refractivity (Wildman–Crippen MR) is 130 cm³/mol. The van der Waals surface area contributed by atoms with Crippen molar-refractivity contribution in [2.45, 2.75) is 32.9 Å². The van der Waals surface area contributed by atoms with Crippen molar-refractivity contribution in [2.75, 3.05) is 38.3 Å². The highest BCUT2D eigenvalue weighted by molar-refractivity contribution is 7.22. The van der Waals surface area contributed by atoms with Gasteiger partial charge in [0.2, 0.25) is 0 Å². The van der Waals surface area contributed by atoms with Gasteiger partial charge in [-0.05, 0) is 32.4 Å². The summed E-state index contributed by atoms with van der Waals surface area (Å²) < 4.78 is 15.2. The van der Waals surface area contributed by atoms with E-state index in [0.717, 1.165) is 44.5 Å². The Labute approximate surface area is 197 Å². The molecule has 10 heteroatoms. The van der Waals surface area contributed by atoms with Gasteiger partial charge in [-0.1, -0.05) is 0 Å². The van der Waals surface area contributed by atoms with Crippen LogP contribution in [0.25, 0.3) is 32.4 Å². The van der Waals surface area contributed by atoms with Crippen molar-refractivity contribution < 1.29 is 9.47 Å². The first kappa shape index (κ1) is 22.0. The van der Waals surface area contributed by atoms with Crippen molar-refractivity contribution in [1.82, 2.24) is 29.3 Å². The molecular formula is C23H29N7O2S. The van der Waals surface area contributed by atoms with Crippen LogP contribution in [0.2, 0.25) is 0 Å². The first-order valence-corrected chi connectivity index (χ1v) is 12.0. The van der Waals surface area contributed by atoms with E-state index in [1.165, 1.54) is 0 Å². The zero-order valence-electron chi connectivity index (χ0n) is 19.6. The number of aryl methyl sites for hydroxylation is 2. The Kier molecular flexibility index (Phi) is 5.90. The summed E-state index contributed by atoms with van der Waals surface area (Å²) in [5, 5.41) is 5.89. The van der Waals surface area contributed by atoms with Crippen molar-refractivity contribution in [3.8, 4) is 22.2 Å². The van der Waals surface area contributed by atoms with Crippen molar-refractivity contribution in [2.24, 2.45) is 7.05 Å². The van der Waals surface area contributed by atoms with E-state index in [0.29, 0.717) is 31.6 Å². The summed E-state index contributed by atoms with van der Waals surface area (Å²) in [5.74, 6) is 2.29. The molecule has 9 nitrogen and oxygen atoms in total. The van der Waals surface area contributed by atoms with Crippen LogP contribution in [0.4, 0.5) is 5.82 Å². The number of fused-ring (bicyclic) bond motifs is 1. The van der Waals surface area contributed by atoms with E-state index in [1.54, 1.807) is 24.6 Å². The van der Waals surface area contributed by atoms with Crippen molar-refractivity contribution in [3.05, 3.63) is 30.2 Å². The smallest absolute Gasteiger partial charge is 0.199 e. The summed E-state index contributed by atoms with van der Waals surface area (Å²) in [6.07, 6.45) is 5.73. The summed E-state index contributed by atoms with van der Waals surface area (Å²) in [7, 11) is 3.67. The van der Waals surface area contributed by atoms with Gasteiger partial charge in [-0.25, -0.2) is 15.0 Å². The normalized spacial score (nSPS) is 16.9. The van der Waals surface area contributed by atoms with E-state index in [9.17, 15) is 0 Å². The van der Waals surface area contributed by atoms with Crippen molar-refractivity contribution in [1.29, 1.82) is 0 Å². The van der Waals surface area contributed by atoms with Gasteiger partial charge >= 0.3 is 0 Å². The monoisotopic (exact) mass is 467 g/mol. The summed E-state index contributed by atoms with van der Waals surface area (Å²) in [5.41, 5.74) is 2.12. The number of imidazole rings is 1. The van der Waals surface area contributed by atoms with Gasteiger partial charge in [-0.15, -0.1) is 11.3 Å². The fourth-order valence-electron chi connectivity index (χ4n) is 4.22. The standard InChI is InChI=1S/C23H29N7O2S/c1-14(2)30-8-6-17(27-30)19-15(3)18-21(29-10-11-32-16(12-29)13-31-5)25-20(26-23(18)33-19)22-24-7-9-28(22)4/h6-9,14,16H,10-13H2,1-5H3/t16-/m1/s1. The van der Waals surface area contributed by atoms with Gasteiger partial charge in [-0.2, -0.15) is 5.10 Å². The molecule has 4 aromatic rings. The highest BCUT2D eigenvalue weighted by Crippen LogP contribution is 2.41. The third-order valence-electron chi connectivity index (χ3n) is 5.95. The number of rotatable bonds is 6. The van der Waals surface area contributed by atoms with Gasteiger partial charge in [0.15, 0.2) is 11.6 Å². The Hall–Kier alpha value is -2.82. The van der Waals surface area contributed by atoms with Crippen LogP contribution in [0.5, 0.6) is 0 Å². The number of nitrogens with zero attached hydrogens (tertiary/aromatic N) is 7. The molecule has 0 unspecified atom stereocenters. The van der Waals surface area contributed by atoms with E-state index in [-0.39, 0.29) is 6.10 Å². The third kappa shape index (κ3) is 4.03. The minimum atomic E-state index is 0.00512. The first-order chi connectivity index (χ1) is 16.0. The molecule has 33 heavy (non-hydrogen) atoms. The fourth-order valence-corrected chi connectivity index (χ4v) is 5.36. The summed E-state index contributed by atoms with van der Waals surface area (Å²) >= 11 is 1.66. The quantitative estimate of drug-likeness (QED) is 0.428. The van der Waals surface area contributed by atoms with E-state index in [1.807, 2.05) is 28.7 Å². The number of aromatic nitrogens is 6. The largest absolute Gasteiger partial charge is 0.382 e. The van der Waals surface area contributed by atoms with Crippen molar-refractivity contribution in [3.63, 3.8) is 0 Å². The summed E-state index contributed by atoms with van der Waals surface area (Å²) in [6.45, 7) is 9.07. The van der Waals surface area contributed by atoms with Crippen LogP contribution in [0, 0.1) is 6.92 Å². The number of methoxy groups -OCH3 is 1. The zero-order chi connectivity index (χ0) is 23.1. The Morgan fingerprint density at radius 2 is 2.12 bits per heavy atom. The number of ether oxygens (including phenoxy) is 2. The zero-order valence-corrected chi connectivity index (χ0v) is 20.5. The van der Waals surface area contributed by atoms with Crippen LogP contribution >= 0.6 is 11.3 Å². The van der Waals surface area contributed by atoms with Crippen LogP contribution in [0.1, 0.15) is 25.5 Å². The molecule has 1 saturated heterocycles. The average Bonchev–Trinajstić information content (AvgIpc) is 3.52. The highest BCUT2D eigenvalue weighted by Gasteiger charge is 2.27. The van der Waals surface area contributed by atoms with Crippen LogP contribution in [0.3, 0.4) is 0 Å². The number of hydrogen-bond acceptors (Lipinski definition) is 8. The molecule has 5 heterocycles. The van der Waals surface area contributed by atoms with Gasteiger partial charge < -0.3 is 18.9 Å². The number of anilines is 1. The molecule has 0 aliphatic carbocycles. The van der Waals surface area contributed by atoms with Gasteiger partial charge in [-0.3, -0.25) is 4.68 Å². The Balaban J connectivity index is 1.67. The molecule has 0 spiro atoms. The second kappa shape index (κ2) is 8.85. The molecule has 174 valence electrons. The Morgan fingerprint density at radius 1 is 1.27 bits per heavy atom. The third-order valence-corrected chi connectivity index (χ3v) is 7.16. The topological polar surface area (TPSA) is 83.1 Å². The van der Waals surface area contributed by atoms with Crippen molar-refractivity contribution >= 4 is 27.4 Å². The Morgan fingerprint density at radius 3 is 2.82 bits per heavy atom. The highest BCUT2D eigenvalue weighted by atomic mass is 32.1. The maximum atomic E-state index is 5.90. The molecule has 0 saturated carbocycles. The molecule has 0 amide bonds. The number of hydrogen-bond donors (Lipinski definition) is 0. The minimum Gasteiger partial charge on any atom is -0.382 e. The lowest BCUT2D eigenvalue weighted by atomic mass is 10.1. The molecule has 5 rings (SSSR count). The average molecular weight is 468 g/mol. The lowest BCUT2D eigenvalue weighted by molar-refractivity contribution is -0.0101. The molecule has 1 atom stereocenters. The van der Waals surface area contributed by atoms with Gasteiger partial charge in [0.1, 0.15) is 16.3 Å². The number of morpholine rings is 1. The lowest BCUT2D eigenvalue weighted by Gasteiger charge is -2.34. The van der Waals surface area contributed by atoms with E-state index >= 15 is 0 Å². The second-order valence-electron chi connectivity index (χ2n) is 8.64.